The summed E-state index contributed by atoms with van der Waals surface area (Å²) in [6, 6.07) is 13.6. The summed E-state index contributed by atoms with van der Waals surface area (Å²) in [6.07, 6.45) is 4.90. The van der Waals surface area contributed by atoms with E-state index in [9.17, 15) is 4.79 Å². The molecule has 0 N–H and O–H groups in total. The maximum absolute atomic E-state index is 10.6. The molecular formula is C15H12N2OS. The molecule has 2 heterocycles. The Kier molecular flexibility index (Phi) is 3.33. The van der Waals surface area contributed by atoms with Crippen LogP contribution in [0.1, 0.15) is 16.1 Å². The van der Waals surface area contributed by atoms with Gasteiger partial charge in [0.2, 0.25) is 0 Å². The quantitative estimate of drug-likeness (QED) is 0.537. The average Bonchev–Trinajstić information content (AvgIpc) is 2.88. The maximum atomic E-state index is 10.6. The Morgan fingerprint density at radius 3 is 2.74 bits per heavy atom. The van der Waals surface area contributed by atoms with Gasteiger partial charge in [0.05, 0.1) is 5.69 Å². The molecule has 0 bridgehead atoms. The predicted octanol–water partition coefficient (Wildman–Crippen LogP) is 3.44. The van der Waals surface area contributed by atoms with E-state index < -0.39 is 0 Å². The van der Waals surface area contributed by atoms with Crippen molar-refractivity contribution in [1.29, 1.82) is 0 Å². The van der Waals surface area contributed by atoms with Crippen molar-refractivity contribution in [2.24, 2.45) is 0 Å². The van der Waals surface area contributed by atoms with Gasteiger partial charge in [-0.15, -0.1) is 11.8 Å². The monoisotopic (exact) mass is 268 g/mol. The number of nitrogens with zero attached hydrogens (tertiary/aromatic N) is 2. The summed E-state index contributed by atoms with van der Waals surface area (Å²) < 4.78 is 2.02. The molecule has 0 aliphatic heterocycles. The zero-order valence-electron chi connectivity index (χ0n) is 10.2. The highest BCUT2D eigenvalue weighted by Gasteiger charge is 2.02. The van der Waals surface area contributed by atoms with E-state index in [-0.39, 0.29) is 0 Å². The first-order valence-corrected chi connectivity index (χ1v) is 6.94. The first-order chi connectivity index (χ1) is 9.35. The summed E-state index contributed by atoms with van der Waals surface area (Å²) in [7, 11) is 0. The van der Waals surface area contributed by atoms with Crippen molar-refractivity contribution in [1.82, 2.24) is 9.38 Å². The summed E-state index contributed by atoms with van der Waals surface area (Å²) >= 11 is 1.72. The molecule has 0 atom stereocenters. The third-order valence-electron chi connectivity index (χ3n) is 2.82. The van der Waals surface area contributed by atoms with E-state index in [2.05, 4.69) is 4.98 Å². The van der Waals surface area contributed by atoms with Crippen LogP contribution in [0.4, 0.5) is 0 Å². The second-order valence-electron chi connectivity index (χ2n) is 4.17. The largest absolute Gasteiger partial charge is 0.307 e. The van der Waals surface area contributed by atoms with Gasteiger partial charge in [0.25, 0.3) is 0 Å². The van der Waals surface area contributed by atoms with Gasteiger partial charge in [-0.25, -0.2) is 4.98 Å². The molecule has 3 aromatic rings. The van der Waals surface area contributed by atoms with Gasteiger partial charge in [0.1, 0.15) is 11.9 Å². The molecule has 0 saturated carbocycles. The first-order valence-electron chi connectivity index (χ1n) is 5.96. The lowest BCUT2D eigenvalue weighted by Crippen LogP contribution is -1.81. The van der Waals surface area contributed by atoms with Crippen LogP contribution in [-0.2, 0) is 5.75 Å². The topological polar surface area (TPSA) is 34.4 Å². The third kappa shape index (κ3) is 2.69. The minimum absolute atomic E-state index is 0.706. The lowest BCUT2D eigenvalue weighted by molar-refractivity contribution is 0.112. The Hall–Kier alpha value is -2.07. The van der Waals surface area contributed by atoms with Gasteiger partial charge in [0.15, 0.2) is 0 Å². The van der Waals surface area contributed by atoms with Crippen LogP contribution in [-0.4, -0.2) is 15.7 Å². The Morgan fingerprint density at radius 2 is 2.00 bits per heavy atom. The lowest BCUT2D eigenvalue weighted by atomic mass is 10.2. The molecule has 19 heavy (non-hydrogen) atoms. The molecule has 3 rings (SSSR count). The van der Waals surface area contributed by atoms with Gasteiger partial charge in [-0.05, 0) is 24.3 Å². The standard InChI is InChI=1S/C15H12N2OS/c18-10-12-4-6-14(7-5-12)19-11-13-9-17-8-2-1-3-15(17)16-13/h1-10H,11H2. The number of aldehydes is 1. The van der Waals surface area contributed by atoms with Crippen LogP contribution in [0, 0.1) is 0 Å². The maximum Gasteiger partial charge on any atom is 0.150 e. The third-order valence-corrected chi connectivity index (χ3v) is 3.86. The molecule has 0 unspecified atom stereocenters. The zero-order valence-corrected chi connectivity index (χ0v) is 11.0. The summed E-state index contributed by atoms with van der Waals surface area (Å²) in [6.45, 7) is 0. The number of aromatic nitrogens is 2. The van der Waals surface area contributed by atoms with Crippen LogP contribution in [0.2, 0.25) is 0 Å². The second-order valence-corrected chi connectivity index (χ2v) is 5.22. The molecule has 0 spiro atoms. The van der Waals surface area contributed by atoms with E-state index in [0.717, 1.165) is 28.3 Å². The first kappa shape index (κ1) is 12.0. The molecule has 94 valence electrons. The highest BCUT2D eigenvalue weighted by atomic mass is 32.2. The molecule has 1 aromatic carbocycles. The summed E-state index contributed by atoms with van der Waals surface area (Å²) in [4.78, 5) is 16.3. The summed E-state index contributed by atoms with van der Waals surface area (Å²) in [5.41, 5.74) is 2.72. The number of rotatable bonds is 4. The number of carbonyl (C=O) groups is 1. The number of imidazole rings is 1. The zero-order chi connectivity index (χ0) is 13.1. The fraction of sp³-hybridized carbons (Fsp3) is 0.0667. The summed E-state index contributed by atoms with van der Waals surface area (Å²) in [5, 5.41) is 0. The Balaban J connectivity index is 1.72. The fourth-order valence-electron chi connectivity index (χ4n) is 1.86. The van der Waals surface area contributed by atoms with Crippen molar-refractivity contribution in [2.45, 2.75) is 10.6 Å². The van der Waals surface area contributed by atoms with E-state index >= 15 is 0 Å². The van der Waals surface area contributed by atoms with Gasteiger partial charge in [0, 0.05) is 28.6 Å². The molecule has 3 nitrogen and oxygen atoms in total. The van der Waals surface area contributed by atoms with E-state index in [4.69, 9.17) is 0 Å². The number of pyridine rings is 1. The molecule has 0 amide bonds. The smallest absolute Gasteiger partial charge is 0.150 e. The molecule has 0 saturated heterocycles. The molecule has 0 aliphatic rings. The number of thioether (sulfide) groups is 1. The average molecular weight is 268 g/mol. The van der Waals surface area contributed by atoms with Crippen molar-refractivity contribution in [3.63, 3.8) is 0 Å². The Labute approximate surface area is 115 Å². The van der Waals surface area contributed by atoms with Crippen LogP contribution in [0.25, 0.3) is 5.65 Å². The highest BCUT2D eigenvalue weighted by Crippen LogP contribution is 2.22. The van der Waals surface area contributed by atoms with Gasteiger partial charge in [-0.1, -0.05) is 18.2 Å². The van der Waals surface area contributed by atoms with E-state index in [0.29, 0.717) is 5.56 Å². The van der Waals surface area contributed by atoms with Crippen molar-refractivity contribution in [3.05, 3.63) is 66.1 Å². The van der Waals surface area contributed by atoms with Crippen molar-refractivity contribution < 1.29 is 4.79 Å². The molecule has 0 fully saturated rings. The summed E-state index contributed by atoms with van der Waals surface area (Å²) in [5.74, 6) is 0.822. The Bertz CT molecular complexity index is 670. The van der Waals surface area contributed by atoms with Crippen LogP contribution in [0.3, 0.4) is 0 Å². The Morgan fingerprint density at radius 1 is 1.16 bits per heavy atom. The predicted molar refractivity (Wildman–Crippen MR) is 76.6 cm³/mol. The second kappa shape index (κ2) is 5.28. The number of fused-ring (bicyclic) bond motifs is 1. The molecular weight excluding hydrogens is 256 g/mol. The normalized spacial score (nSPS) is 10.7. The van der Waals surface area contributed by atoms with Crippen molar-refractivity contribution in [2.75, 3.05) is 0 Å². The molecule has 0 radical (unpaired) electrons. The highest BCUT2D eigenvalue weighted by molar-refractivity contribution is 7.98. The van der Waals surface area contributed by atoms with Crippen LogP contribution in [0.15, 0.2) is 59.8 Å². The number of benzene rings is 1. The van der Waals surface area contributed by atoms with Crippen LogP contribution < -0.4 is 0 Å². The van der Waals surface area contributed by atoms with Crippen LogP contribution >= 0.6 is 11.8 Å². The van der Waals surface area contributed by atoms with Crippen molar-refractivity contribution in [3.8, 4) is 0 Å². The van der Waals surface area contributed by atoms with Gasteiger partial charge in [-0.3, -0.25) is 4.79 Å². The fourth-order valence-corrected chi connectivity index (χ4v) is 2.64. The molecule has 2 aromatic heterocycles. The van der Waals surface area contributed by atoms with E-state index in [1.807, 2.05) is 59.3 Å². The molecule has 0 aliphatic carbocycles. The minimum atomic E-state index is 0.706. The number of carbonyl (C=O) groups excluding carboxylic acids is 1. The van der Waals surface area contributed by atoms with Gasteiger partial charge >= 0.3 is 0 Å². The lowest BCUT2D eigenvalue weighted by Gasteiger charge is -1.99. The van der Waals surface area contributed by atoms with Gasteiger partial charge < -0.3 is 4.40 Å². The van der Waals surface area contributed by atoms with Gasteiger partial charge in [-0.2, -0.15) is 0 Å². The van der Waals surface area contributed by atoms with Crippen molar-refractivity contribution >= 4 is 23.7 Å². The number of hydrogen-bond donors (Lipinski definition) is 0. The minimum Gasteiger partial charge on any atom is -0.307 e. The van der Waals surface area contributed by atoms with Crippen LogP contribution in [0.5, 0.6) is 0 Å². The molecule has 4 heteroatoms. The SMILES string of the molecule is O=Cc1ccc(SCc2cn3ccccc3n2)cc1. The van der Waals surface area contributed by atoms with E-state index in [1.165, 1.54) is 0 Å². The van der Waals surface area contributed by atoms with E-state index in [1.54, 1.807) is 11.8 Å². The number of hydrogen-bond acceptors (Lipinski definition) is 3.